The Bertz CT molecular complexity index is 742. The van der Waals surface area contributed by atoms with E-state index in [4.69, 9.17) is 0 Å². The van der Waals surface area contributed by atoms with Gasteiger partial charge in [0, 0.05) is 31.4 Å². The predicted octanol–water partition coefficient (Wildman–Crippen LogP) is 2.03. The van der Waals surface area contributed by atoms with E-state index in [-0.39, 0.29) is 11.9 Å². The molecule has 3 heterocycles. The Morgan fingerprint density at radius 1 is 1.40 bits per heavy atom. The molecule has 3 rings (SSSR count). The normalized spacial score (nSPS) is 19.6. The molecule has 2 aromatic heterocycles. The molecular formula is C18H26N6O. The molecule has 7 heteroatoms. The van der Waals surface area contributed by atoms with E-state index in [1.807, 2.05) is 33.9 Å². The fourth-order valence-corrected chi connectivity index (χ4v) is 3.49. The van der Waals surface area contributed by atoms with Crippen molar-refractivity contribution >= 4 is 11.6 Å². The minimum atomic E-state index is -0.191. The summed E-state index contributed by atoms with van der Waals surface area (Å²) in [5.74, 6) is 0.372. The number of hydrogen-bond acceptors (Lipinski definition) is 5. The van der Waals surface area contributed by atoms with Gasteiger partial charge in [-0.15, -0.1) is 0 Å². The highest BCUT2D eigenvalue weighted by atomic mass is 16.2. The molecule has 1 aliphatic rings. The second kappa shape index (κ2) is 7.31. The summed E-state index contributed by atoms with van der Waals surface area (Å²) >= 11 is 0. The number of amides is 1. The van der Waals surface area contributed by atoms with Crippen LogP contribution in [0.2, 0.25) is 0 Å². The van der Waals surface area contributed by atoms with Gasteiger partial charge in [0.05, 0.1) is 23.1 Å². The van der Waals surface area contributed by atoms with Crippen molar-refractivity contribution in [3.63, 3.8) is 0 Å². The van der Waals surface area contributed by atoms with Crippen LogP contribution < -0.4 is 5.32 Å². The summed E-state index contributed by atoms with van der Waals surface area (Å²) in [6.45, 7) is 7.63. The van der Waals surface area contributed by atoms with Crippen LogP contribution in [0.1, 0.15) is 42.8 Å². The molecule has 134 valence electrons. The van der Waals surface area contributed by atoms with Crippen LogP contribution in [-0.2, 0) is 11.8 Å². The molecule has 2 aromatic rings. The third-order valence-corrected chi connectivity index (χ3v) is 5.16. The van der Waals surface area contributed by atoms with Crippen molar-refractivity contribution in [2.45, 2.75) is 45.6 Å². The molecule has 25 heavy (non-hydrogen) atoms. The lowest BCUT2D eigenvalue weighted by atomic mass is 9.93. The number of carbonyl (C=O) groups excluding carboxylic acids is 1. The molecule has 1 fully saturated rings. The Kier molecular flexibility index (Phi) is 5.13. The van der Waals surface area contributed by atoms with Crippen LogP contribution in [0, 0.1) is 13.8 Å². The van der Waals surface area contributed by atoms with Gasteiger partial charge in [0.1, 0.15) is 6.33 Å². The van der Waals surface area contributed by atoms with Crippen LogP contribution in [0.5, 0.6) is 0 Å². The van der Waals surface area contributed by atoms with Crippen molar-refractivity contribution in [1.82, 2.24) is 24.6 Å². The number of anilines is 1. The third kappa shape index (κ3) is 3.71. The van der Waals surface area contributed by atoms with Gasteiger partial charge in [-0.3, -0.25) is 14.4 Å². The van der Waals surface area contributed by atoms with Crippen molar-refractivity contribution < 1.29 is 4.79 Å². The molecule has 1 aliphatic heterocycles. The molecule has 2 unspecified atom stereocenters. The van der Waals surface area contributed by atoms with Crippen molar-refractivity contribution in [3.05, 3.63) is 35.7 Å². The number of aryl methyl sites for hydroxylation is 2. The van der Waals surface area contributed by atoms with Gasteiger partial charge in [0.15, 0.2) is 0 Å². The van der Waals surface area contributed by atoms with Gasteiger partial charge >= 0.3 is 0 Å². The quantitative estimate of drug-likeness (QED) is 0.920. The van der Waals surface area contributed by atoms with Crippen molar-refractivity contribution in [2.24, 2.45) is 7.05 Å². The van der Waals surface area contributed by atoms with Gasteiger partial charge in [-0.2, -0.15) is 5.10 Å². The summed E-state index contributed by atoms with van der Waals surface area (Å²) < 4.78 is 1.79. The lowest BCUT2D eigenvalue weighted by molar-refractivity contribution is -0.121. The summed E-state index contributed by atoms with van der Waals surface area (Å²) in [7, 11) is 1.89. The summed E-state index contributed by atoms with van der Waals surface area (Å²) in [5, 5.41) is 7.42. The Morgan fingerprint density at radius 3 is 2.84 bits per heavy atom. The summed E-state index contributed by atoms with van der Waals surface area (Å²) in [6.07, 6.45) is 5.55. The summed E-state index contributed by atoms with van der Waals surface area (Å²) in [6, 6.07) is 1.78. The van der Waals surface area contributed by atoms with E-state index < -0.39 is 0 Å². The number of nitrogens with zero attached hydrogens (tertiary/aromatic N) is 5. The minimum Gasteiger partial charge on any atom is -0.322 e. The predicted molar refractivity (Wildman–Crippen MR) is 96.4 cm³/mol. The Morgan fingerprint density at radius 2 is 2.20 bits per heavy atom. The second-order valence-electron chi connectivity index (χ2n) is 6.80. The number of aromatic nitrogens is 4. The number of piperidine rings is 1. The van der Waals surface area contributed by atoms with Crippen molar-refractivity contribution in [1.29, 1.82) is 0 Å². The van der Waals surface area contributed by atoms with Gasteiger partial charge in [0.25, 0.3) is 0 Å². The summed E-state index contributed by atoms with van der Waals surface area (Å²) in [5.41, 5.74) is 3.70. The third-order valence-electron chi connectivity index (χ3n) is 5.16. The van der Waals surface area contributed by atoms with Crippen molar-refractivity contribution in [3.8, 4) is 0 Å². The molecule has 0 saturated carbocycles. The fourth-order valence-electron chi connectivity index (χ4n) is 3.49. The highest BCUT2D eigenvalue weighted by Gasteiger charge is 2.29. The highest BCUT2D eigenvalue weighted by molar-refractivity contribution is 5.95. The van der Waals surface area contributed by atoms with Crippen LogP contribution in [0.25, 0.3) is 0 Å². The number of hydrogen-bond donors (Lipinski definition) is 1. The first-order valence-electron chi connectivity index (χ1n) is 8.78. The van der Waals surface area contributed by atoms with Crippen LogP contribution in [0.3, 0.4) is 0 Å². The van der Waals surface area contributed by atoms with E-state index in [2.05, 4.69) is 25.3 Å². The zero-order valence-electron chi connectivity index (χ0n) is 15.4. The molecule has 2 atom stereocenters. The van der Waals surface area contributed by atoms with Crippen LogP contribution in [0.4, 0.5) is 5.69 Å². The minimum absolute atomic E-state index is 0.0162. The monoisotopic (exact) mass is 342 g/mol. The van der Waals surface area contributed by atoms with Gasteiger partial charge in [-0.05, 0) is 46.2 Å². The fraction of sp³-hybridized carbons (Fsp3) is 0.556. The second-order valence-corrected chi connectivity index (χ2v) is 6.80. The first kappa shape index (κ1) is 17.5. The maximum atomic E-state index is 12.8. The molecule has 1 amide bonds. The van der Waals surface area contributed by atoms with Gasteiger partial charge in [-0.25, -0.2) is 9.97 Å². The first-order chi connectivity index (χ1) is 12.0. The number of nitrogens with one attached hydrogen (secondary N) is 1. The SMILES string of the molecule is Cc1nn(C)c(C)c1NC(=O)C(C)N1CCCC(c2ccncn2)C1. The molecule has 1 N–H and O–H groups in total. The van der Waals surface area contributed by atoms with Gasteiger partial charge in [0.2, 0.25) is 5.91 Å². The molecule has 0 bridgehead atoms. The lowest BCUT2D eigenvalue weighted by Gasteiger charge is -2.35. The average Bonchev–Trinajstić information content (AvgIpc) is 2.88. The van der Waals surface area contributed by atoms with E-state index in [0.717, 1.165) is 48.7 Å². The van der Waals surface area contributed by atoms with E-state index in [9.17, 15) is 4.79 Å². The molecule has 0 aromatic carbocycles. The van der Waals surface area contributed by atoms with E-state index >= 15 is 0 Å². The Hall–Kier alpha value is -2.28. The zero-order valence-corrected chi connectivity index (χ0v) is 15.4. The highest BCUT2D eigenvalue weighted by Crippen LogP contribution is 2.27. The first-order valence-corrected chi connectivity index (χ1v) is 8.78. The van der Waals surface area contributed by atoms with Gasteiger partial charge < -0.3 is 5.32 Å². The van der Waals surface area contributed by atoms with Crippen LogP contribution >= 0.6 is 0 Å². The van der Waals surface area contributed by atoms with Crippen LogP contribution in [-0.4, -0.2) is 49.7 Å². The Balaban J connectivity index is 1.67. The molecule has 0 spiro atoms. The molecule has 0 aliphatic carbocycles. The topological polar surface area (TPSA) is 75.9 Å². The van der Waals surface area contributed by atoms with Crippen molar-refractivity contribution in [2.75, 3.05) is 18.4 Å². The standard InChI is InChI=1S/C18H26N6O/c1-12-17(13(2)23(4)22-12)21-18(25)14(3)24-9-5-6-15(10-24)16-7-8-19-11-20-16/h7-8,11,14-15H,5-6,9-10H2,1-4H3,(H,21,25). The Labute approximate surface area is 148 Å². The number of likely N-dealkylation sites (tertiary alicyclic amines) is 1. The smallest absolute Gasteiger partial charge is 0.241 e. The molecular weight excluding hydrogens is 316 g/mol. The van der Waals surface area contributed by atoms with Gasteiger partial charge in [-0.1, -0.05) is 0 Å². The number of rotatable bonds is 4. The van der Waals surface area contributed by atoms with E-state index in [1.165, 1.54) is 0 Å². The average molecular weight is 342 g/mol. The number of carbonyl (C=O) groups is 1. The maximum absolute atomic E-state index is 12.8. The maximum Gasteiger partial charge on any atom is 0.241 e. The molecule has 7 nitrogen and oxygen atoms in total. The zero-order chi connectivity index (χ0) is 18.0. The summed E-state index contributed by atoms with van der Waals surface area (Å²) in [4.78, 5) is 23.4. The largest absolute Gasteiger partial charge is 0.322 e. The van der Waals surface area contributed by atoms with E-state index in [1.54, 1.807) is 17.2 Å². The van der Waals surface area contributed by atoms with E-state index in [0.29, 0.717) is 5.92 Å². The lowest BCUT2D eigenvalue weighted by Crippen LogP contribution is -2.46. The van der Waals surface area contributed by atoms with Crippen LogP contribution in [0.15, 0.2) is 18.6 Å². The molecule has 1 saturated heterocycles. The molecule has 0 radical (unpaired) electrons.